The molecule has 10 heteroatoms. The van der Waals surface area contributed by atoms with Crippen LogP contribution < -0.4 is 15.4 Å². The Balaban J connectivity index is 1.50. The van der Waals surface area contributed by atoms with E-state index >= 15 is 0 Å². The Kier molecular flexibility index (Phi) is 10.2. The van der Waals surface area contributed by atoms with Crippen LogP contribution in [0.25, 0.3) is 16.9 Å². The van der Waals surface area contributed by atoms with Crippen LogP contribution in [0.4, 0.5) is 0 Å². The standard InChI is InChI=1S/C32H38ClN5O4/c1-20(2)42-29-13-12-24(16-27(29)33)32(41)35-25(17-34-30(40)19-37(4)5)15-22-8-10-23(11-9-22)28-18-38-14-6-7-26(21(3)39)31(38)36-28/h6-14,16,18,20-21,25,39H,15,17,19H2,1-5H3,(H,34,40)(H,35,41)/t21-,25-/m1/s1. The molecule has 4 rings (SSSR count). The molecule has 0 unspecified atom stereocenters. The lowest BCUT2D eigenvalue weighted by molar-refractivity contribution is -0.121. The monoisotopic (exact) mass is 591 g/mol. The maximum atomic E-state index is 13.2. The van der Waals surface area contributed by atoms with Crippen LogP contribution in [0.3, 0.4) is 0 Å². The maximum absolute atomic E-state index is 13.2. The Morgan fingerprint density at radius 3 is 2.48 bits per heavy atom. The molecule has 4 aromatic rings. The van der Waals surface area contributed by atoms with E-state index < -0.39 is 6.10 Å². The van der Waals surface area contributed by atoms with Crippen LogP contribution in [0.1, 0.15) is 48.4 Å². The van der Waals surface area contributed by atoms with Gasteiger partial charge in [0.1, 0.15) is 11.4 Å². The zero-order chi connectivity index (χ0) is 30.4. The van der Waals surface area contributed by atoms with Crippen molar-refractivity contribution >= 4 is 29.1 Å². The number of carbonyl (C=O) groups excluding carboxylic acids is 2. The number of ether oxygens (including phenoxy) is 1. The van der Waals surface area contributed by atoms with E-state index in [0.29, 0.717) is 28.4 Å². The van der Waals surface area contributed by atoms with Gasteiger partial charge in [-0.05, 0) is 71.1 Å². The lowest BCUT2D eigenvalue weighted by atomic mass is 10.0. The second kappa shape index (κ2) is 13.8. The van der Waals surface area contributed by atoms with Crippen LogP contribution in [-0.2, 0) is 11.2 Å². The molecule has 0 spiro atoms. The molecule has 2 amide bonds. The Bertz CT molecular complexity index is 1530. The molecule has 0 bridgehead atoms. The first kappa shape index (κ1) is 31.0. The summed E-state index contributed by atoms with van der Waals surface area (Å²) in [4.78, 5) is 32.1. The number of fused-ring (bicyclic) bond motifs is 1. The predicted molar refractivity (Wildman–Crippen MR) is 165 cm³/mol. The van der Waals surface area contributed by atoms with Gasteiger partial charge in [0, 0.05) is 35.6 Å². The number of amides is 2. The minimum Gasteiger partial charge on any atom is -0.489 e. The molecule has 2 aromatic carbocycles. The smallest absolute Gasteiger partial charge is 0.251 e. The number of aliphatic hydroxyl groups excluding tert-OH is 1. The van der Waals surface area contributed by atoms with E-state index in [0.717, 1.165) is 22.4 Å². The number of imidazole rings is 1. The number of halogens is 1. The first-order chi connectivity index (χ1) is 20.0. The average Bonchev–Trinajstić information content (AvgIpc) is 3.37. The maximum Gasteiger partial charge on any atom is 0.251 e. The molecule has 0 aliphatic rings. The van der Waals surface area contributed by atoms with Gasteiger partial charge in [-0.25, -0.2) is 4.98 Å². The zero-order valence-corrected chi connectivity index (χ0v) is 25.4. The number of nitrogens with one attached hydrogen (secondary N) is 2. The highest BCUT2D eigenvalue weighted by Crippen LogP contribution is 2.27. The minimum atomic E-state index is -0.626. The summed E-state index contributed by atoms with van der Waals surface area (Å²) in [5.41, 5.74) is 4.58. The van der Waals surface area contributed by atoms with E-state index in [9.17, 15) is 14.7 Å². The van der Waals surface area contributed by atoms with Gasteiger partial charge in [0.05, 0.1) is 35.5 Å². The number of hydrogen-bond acceptors (Lipinski definition) is 6. The van der Waals surface area contributed by atoms with E-state index in [1.165, 1.54) is 0 Å². The highest BCUT2D eigenvalue weighted by Gasteiger charge is 2.18. The van der Waals surface area contributed by atoms with Crippen LogP contribution >= 0.6 is 11.6 Å². The predicted octanol–water partition coefficient (Wildman–Crippen LogP) is 4.51. The Labute approximate surface area is 251 Å². The highest BCUT2D eigenvalue weighted by molar-refractivity contribution is 6.32. The van der Waals surface area contributed by atoms with Crippen LogP contribution in [0.5, 0.6) is 5.75 Å². The van der Waals surface area contributed by atoms with Gasteiger partial charge in [0.15, 0.2) is 0 Å². The quantitative estimate of drug-likeness (QED) is 0.224. The number of nitrogens with zero attached hydrogens (tertiary/aromatic N) is 3. The molecule has 0 fully saturated rings. The molecule has 9 nitrogen and oxygen atoms in total. The number of hydrogen-bond donors (Lipinski definition) is 3. The summed E-state index contributed by atoms with van der Waals surface area (Å²) in [6.07, 6.45) is 3.66. The summed E-state index contributed by atoms with van der Waals surface area (Å²) in [5.74, 6) is 0.0924. The molecule has 2 heterocycles. The van der Waals surface area contributed by atoms with Crippen molar-refractivity contribution in [2.75, 3.05) is 27.2 Å². The van der Waals surface area contributed by atoms with Gasteiger partial charge in [0.2, 0.25) is 5.91 Å². The molecule has 0 aliphatic carbocycles. The van der Waals surface area contributed by atoms with Crippen molar-refractivity contribution in [3.05, 3.63) is 88.7 Å². The van der Waals surface area contributed by atoms with Crippen molar-refractivity contribution < 1.29 is 19.4 Å². The molecule has 42 heavy (non-hydrogen) atoms. The van der Waals surface area contributed by atoms with Crippen molar-refractivity contribution in [2.24, 2.45) is 0 Å². The SMILES string of the molecule is CC(C)Oc1ccc(C(=O)N[C@@H](CNC(=O)CN(C)C)Cc2ccc(-c3cn4cccc([C@@H](C)O)c4n3)cc2)cc1Cl. The second-order valence-electron chi connectivity index (χ2n) is 10.9. The first-order valence-corrected chi connectivity index (χ1v) is 14.3. The van der Waals surface area contributed by atoms with E-state index in [2.05, 4.69) is 10.6 Å². The van der Waals surface area contributed by atoms with Gasteiger partial charge in [-0.15, -0.1) is 0 Å². The summed E-state index contributed by atoms with van der Waals surface area (Å²) in [6, 6.07) is 16.3. The van der Waals surface area contributed by atoms with E-state index in [1.807, 2.05) is 81.1 Å². The molecule has 3 N–H and O–H groups in total. The Morgan fingerprint density at radius 2 is 1.83 bits per heavy atom. The summed E-state index contributed by atoms with van der Waals surface area (Å²) in [7, 11) is 3.65. The third kappa shape index (κ3) is 8.09. The van der Waals surface area contributed by atoms with Gasteiger partial charge in [-0.1, -0.05) is 41.9 Å². The topological polar surface area (TPSA) is 108 Å². The second-order valence-corrected chi connectivity index (χ2v) is 11.3. The van der Waals surface area contributed by atoms with Crippen LogP contribution in [0.2, 0.25) is 5.02 Å². The van der Waals surface area contributed by atoms with Gasteiger partial charge in [-0.3, -0.25) is 9.59 Å². The zero-order valence-electron chi connectivity index (χ0n) is 24.6. The number of pyridine rings is 1. The van der Waals surface area contributed by atoms with Crippen LogP contribution in [0, 0.1) is 0 Å². The van der Waals surface area contributed by atoms with E-state index in [1.54, 1.807) is 30.0 Å². The number of carbonyl (C=O) groups is 2. The summed E-state index contributed by atoms with van der Waals surface area (Å²) < 4.78 is 7.58. The fraction of sp³-hybridized carbons (Fsp3) is 0.344. The fourth-order valence-corrected chi connectivity index (χ4v) is 4.84. The highest BCUT2D eigenvalue weighted by atomic mass is 35.5. The third-order valence-electron chi connectivity index (χ3n) is 6.59. The van der Waals surface area contributed by atoms with Crippen molar-refractivity contribution in [1.29, 1.82) is 0 Å². The Hall–Kier alpha value is -3.92. The number of aromatic nitrogens is 2. The lowest BCUT2D eigenvalue weighted by Gasteiger charge is -2.21. The number of aliphatic hydroxyl groups is 1. The first-order valence-electron chi connectivity index (χ1n) is 13.9. The Morgan fingerprint density at radius 1 is 1.10 bits per heavy atom. The number of likely N-dealkylation sites (N-methyl/N-ethyl adjacent to an activating group) is 1. The van der Waals surface area contributed by atoms with E-state index in [-0.39, 0.29) is 37.0 Å². The number of rotatable bonds is 12. The van der Waals surface area contributed by atoms with Crippen molar-refractivity contribution in [3.8, 4) is 17.0 Å². The lowest BCUT2D eigenvalue weighted by Crippen LogP contribution is -2.46. The molecule has 2 atom stereocenters. The van der Waals surface area contributed by atoms with Gasteiger partial charge >= 0.3 is 0 Å². The van der Waals surface area contributed by atoms with Gasteiger partial charge in [-0.2, -0.15) is 0 Å². The van der Waals surface area contributed by atoms with Crippen molar-refractivity contribution in [3.63, 3.8) is 0 Å². The largest absolute Gasteiger partial charge is 0.489 e. The molecule has 0 saturated carbocycles. The minimum absolute atomic E-state index is 0.0434. The van der Waals surface area contributed by atoms with E-state index in [4.69, 9.17) is 21.3 Å². The molecule has 222 valence electrons. The molecule has 2 aromatic heterocycles. The number of benzene rings is 2. The third-order valence-corrected chi connectivity index (χ3v) is 6.89. The average molecular weight is 592 g/mol. The van der Waals surface area contributed by atoms with Gasteiger partial charge < -0.3 is 29.8 Å². The molecule has 0 radical (unpaired) electrons. The summed E-state index contributed by atoms with van der Waals surface area (Å²) in [5, 5.41) is 16.4. The molecule has 0 saturated heterocycles. The summed E-state index contributed by atoms with van der Waals surface area (Å²) >= 11 is 6.36. The molecular formula is C32H38ClN5O4. The summed E-state index contributed by atoms with van der Waals surface area (Å²) in [6.45, 7) is 6.05. The fourth-order valence-electron chi connectivity index (χ4n) is 4.61. The van der Waals surface area contributed by atoms with Crippen LogP contribution in [-0.4, -0.2) is 70.5 Å². The molecule has 0 aliphatic heterocycles. The van der Waals surface area contributed by atoms with Crippen molar-refractivity contribution in [1.82, 2.24) is 24.9 Å². The van der Waals surface area contributed by atoms with Gasteiger partial charge in [0.25, 0.3) is 5.91 Å². The molecular weight excluding hydrogens is 554 g/mol. The van der Waals surface area contributed by atoms with Crippen molar-refractivity contribution in [2.45, 2.75) is 45.4 Å². The van der Waals surface area contributed by atoms with Crippen LogP contribution in [0.15, 0.2) is 67.0 Å². The normalized spacial score (nSPS) is 12.9.